The average Bonchev–Trinajstić information content (AvgIpc) is 3.07. The monoisotopic (exact) mass is 409 g/mol. The fraction of sp³-hybridized carbons (Fsp3) is 0.0952. The van der Waals surface area contributed by atoms with E-state index >= 15 is 0 Å². The Morgan fingerprint density at radius 3 is 2.83 bits per heavy atom. The quantitative estimate of drug-likeness (QED) is 0.536. The molecule has 0 saturated heterocycles. The third-order valence-electron chi connectivity index (χ3n) is 4.09. The highest BCUT2D eigenvalue weighted by Crippen LogP contribution is 2.20. The summed E-state index contributed by atoms with van der Waals surface area (Å²) in [5.41, 5.74) is 1.61. The van der Waals surface area contributed by atoms with E-state index in [9.17, 15) is 9.59 Å². The van der Waals surface area contributed by atoms with Crippen LogP contribution < -0.4 is 15.6 Å². The van der Waals surface area contributed by atoms with Crippen LogP contribution in [0.15, 0.2) is 70.0 Å². The number of benzene rings is 2. The van der Waals surface area contributed by atoms with E-state index in [-0.39, 0.29) is 18.1 Å². The first-order valence-corrected chi connectivity index (χ1v) is 9.15. The van der Waals surface area contributed by atoms with E-state index in [0.717, 1.165) is 4.57 Å². The van der Waals surface area contributed by atoms with Crippen molar-refractivity contribution in [3.63, 3.8) is 0 Å². The number of amides is 1. The number of ether oxygens (including phenoxy) is 1. The minimum atomic E-state index is -0.316. The molecular weight excluding hydrogens is 394 g/mol. The standard InChI is InChI=1S/C21H16ClN3O4/c1-13-8-19-23-17(11-20(26)25(19)29-13)12-28-18-7-3-6-16(10-18)24-21(27)14-4-2-5-15(22)9-14/h2-11H,12H2,1H3,(H,24,27). The van der Waals surface area contributed by atoms with Gasteiger partial charge in [-0.25, -0.2) is 4.98 Å². The van der Waals surface area contributed by atoms with Crippen molar-refractivity contribution in [2.75, 3.05) is 5.32 Å². The number of halogens is 1. The van der Waals surface area contributed by atoms with Gasteiger partial charge in [-0.05, 0) is 37.3 Å². The molecule has 0 saturated carbocycles. The number of anilines is 1. The molecule has 1 amide bonds. The van der Waals surface area contributed by atoms with Crippen molar-refractivity contribution in [3.05, 3.63) is 93.1 Å². The van der Waals surface area contributed by atoms with E-state index in [0.29, 0.717) is 39.1 Å². The smallest absolute Gasteiger partial charge is 0.287 e. The number of aryl methyl sites for hydroxylation is 1. The first-order valence-electron chi connectivity index (χ1n) is 8.77. The summed E-state index contributed by atoms with van der Waals surface area (Å²) >= 11 is 5.93. The molecule has 4 aromatic rings. The van der Waals surface area contributed by atoms with Crippen molar-refractivity contribution in [1.29, 1.82) is 0 Å². The summed E-state index contributed by atoms with van der Waals surface area (Å²) in [6.45, 7) is 1.84. The zero-order chi connectivity index (χ0) is 20.4. The zero-order valence-electron chi connectivity index (χ0n) is 15.4. The van der Waals surface area contributed by atoms with Gasteiger partial charge >= 0.3 is 0 Å². The Kier molecular flexibility index (Phi) is 5.05. The number of rotatable bonds is 5. The Hall–Kier alpha value is -3.58. The maximum Gasteiger partial charge on any atom is 0.287 e. The molecule has 2 aromatic carbocycles. The minimum Gasteiger partial charge on any atom is -0.487 e. The van der Waals surface area contributed by atoms with Crippen LogP contribution in [0.3, 0.4) is 0 Å². The number of nitrogens with zero attached hydrogens (tertiary/aromatic N) is 2. The summed E-state index contributed by atoms with van der Waals surface area (Å²) in [5, 5.41) is 3.29. The second-order valence-corrected chi connectivity index (χ2v) is 6.80. The van der Waals surface area contributed by atoms with E-state index in [1.165, 1.54) is 6.07 Å². The fourth-order valence-corrected chi connectivity index (χ4v) is 2.99. The SMILES string of the molecule is Cc1cc2nc(COc3cccc(NC(=O)c4cccc(Cl)c4)c3)cc(=O)n2o1. The van der Waals surface area contributed by atoms with Crippen LogP contribution in [0.2, 0.25) is 5.02 Å². The number of carbonyl (C=O) groups is 1. The van der Waals surface area contributed by atoms with Crippen molar-refractivity contribution < 1.29 is 14.1 Å². The molecular formula is C21H16ClN3O4. The molecule has 0 aliphatic rings. The van der Waals surface area contributed by atoms with Crippen LogP contribution in [-0.2, 0) is 6.61 Å². The lowest BCUT2D eigenvalue weighted by Gasteiger charge is -2.09. The van der Waals surface area contributed by atoms with Gasteiger partial charge in [-0.3, -0.25) is 9.59 Å². The molecule has 1 N–H and O–H groups in total. The maximum absolute atomic E-state index is 12.4. The lowest BCUT2D eigenvalue weighted by atomic mass is 10.2. The molecule has 8 heteroatoms. The van der Waals surface area contributed by atoms with Crippen LogP contribution in [0, 0.1) is 6.92 Å². The van der Waals surface area contributed by atoms with Gasteiger partial charge in [-0.2, -0.15) is 0 Å². The molecule has 0 bridgehead atoms. The van der Waals surface area contributed by atoms with Gasteiger partial charge in [0.2, 0.25) is 0 Å². The third kappa shape index (κ3) is 4.30. The Morgan fingerprint density at radius 2 is 2.00 bits per heavy atom. The molecule has 0 aliphatic carbocycles. The maximum atomic E-state index is 12.4. The zero-order valence-corrected chi connectivity index (χ0v) is 16.1. The fourth-order valence-electron chi connectivity index (χ4n) is 2.80. The van der Waals surface area contributed by atoms with E-state index in [4.69, 9.17) is 20.9 Å². The molecule has 29 heavy (non-hydrogen) atoms. The van der Waals surface area contributed by atoms with Crippen LogP contribution >= 0.6 is 11.6 Å². The highest BCUT2D eigenvalue weighted by Gasteiger charge is 2.09. The molecule has 0 radical (unpaired) electrons. The van der Waals surface area contributed by atoms with Gasteiger partial charge in [-0.1, -0.05) is 23.7 Å². The molecule has 0 spiro atoms. The van der Waals surface area contributed by atoms with Crippen molar-refractivity contribution in [2.24, 2.45) is 0 Å². The lowest BCUT2D eigenvalue weighted by Crippen LogP contribution is -2.14. The van der Waals surface area contributed by atoms with Crippen LogP contribution in [-0.4, -0.2) is 15.5 Å². The highest BCUT2D eigenvalue weighted by molar-refractivity contribution is 6.31. The van der Waals surface area contributed by atoms with E-state index in [2.05, 4.69) is 10.3 Å². The summed E-state index contributed by atoms with van der Waals surface area (Å²) in [6.07, 6.45) is 0. The van der Waals surface area contributed by atoms with Crippen LogP contribution in [0.5, 0.6) is 5.75 Å². The van der Waals surface area contributed by atoms with Crippen molar-refractivity contribution in [1.82, 2.24) is 9.56 Å². The first kappa shape index (κ1) is 18.8. The molecule has 7 nitrogen and oxygen atoms in total. The molecule has 2 aromatic heterocycles. The topological polar surface area (TPSA) is 85.8 Å². The van der Waals surface area contributed by atoms with Crippen molar-refractivity contribution >= 4 is 28.8 Å². The number of aromatic nitrogens is 2. The predicted octanol–water partition coefficient (Wildman–Crippen LogP) is 4.08. The second-order valence-electron chi connectivity index (χ2n) is 6.37. The molecule has 0 atom stereocenters. The van der Waals surface area contributed by atoms with Crippen LogP contribution in [0.25, 0.3) is 5.65 Å². The molecule has 4 rings (SSSR count). The molecule has 2 heterocycles. The van der Waals surface area contributed by atoms with E-state index in [1.807, 2.05) is 0 Å². The Bertz CT molecular complexity index is 1260. The average molecular weight is 410 g/mol. The van der Waals surface area contributed by atoms with Crippen LogP contribution in [0.4, 0.5) is 5.69 Å². The van der Waals surface area contributed by atoms with Gasteiger partial charge < -0.3 is 14.6 Å². The normalized spacial score (nSPS) is 10.8. The second kappa shape index (κ2) is 7.81. The minimum absolute atomic E-state index is 0.0989. The van der Waals surface area contributed by atoms with Crippen molar-refractivity contribution in [3.8, 4) is 5.75 Å². The van der Waals surface area contributed by atoms with Crippen molar-refractivity contribution in [2.45, 2.75) is 13.5 Å². The van der Waals surface area contributed by atoms with E-state index < -0.39 is 0 Å². The number of nitrogens with one attached hydrogen (secondary N) is 1. The van der Waals surface area contributed by atoms with Crippen LogP contribution in [0.1, 0.15) is 21.8 Å². The summed E-state index contributed by atoms with van der Waals surface area (Å²) in [5.74, 6) is 0.843. The number of hydrogen-bond acceptors (Lipinski definition) is 5. The Morgan fingerprint density at radius 1 is 1.17 bits per heavy atom. The van der Waals surface area contributed by atoms with Gasteiger partial charge in [0.25, 0.3) is 11.5 Å². The number of carbonyl (C=O) groups excluding carboxylic acids is 1. The molecule has 146 valence electrons. The number of hydrogen-bond donors (Lipinski definition) is 1. The Balaban J connectivity index is 1.46. The predicted molar refractivity (Wildman–Crippen MR) is 109 cm³/mol. The number of fused-ring (bicyclic) bond motifs is 1. The summed E-state index contributed by atoms with van der Waals surface area (Å²) < 4.78 is 12.1. The first-order chi connectivity index (χ1) is 14.0. The largest absolute Gasteiger partial charge is 0.487 e. The molecule has 0 aliphatic heterocycles. The summed E-state index contributed by atoms with van der Waals surface area (Å²) in [6, 6.07) is 16.7. The lowest BCUT2D eigenvalue weighted by molar-refractivity contribution is 0.102. The third-order valence-corrected chi connectivity index (χ3v) is 4.32. The Labute approximate surface area is 170 Å². The van der Waals surface area contributed by atoms with Gasteiger partial charge in [0.15, 0.2) is 5.65 Å². The van der Waals surface area contributed by atoms with E-state index in [1.54, 1.807) is 61.5 Å². The van der Waals surface area contributed by atoms with Gasteiger partial charge in [0.1, 0.15) is 18.1 Å². The molecule has 0 unspecified atom stereocenters. The van der Waals surface area contributed by atoms with Gasteiger partial charge in [0, 0.05) is 34.5 Å². The summed E-state index contributed by atoms with van der Waals surface area (Å²) in [7, 11) is 0. The molecule has 0 fully saturated rings. The van der Waals surface area contributed by atoms with Gasteiger partial charge in [0.05, 0.1) is 5.69 Å². The highest BCUT2D eigenvalue weighted by atomic mass is 35.5. The van der Waals surface area contributed by atoms with Gasteiger partial charge in [-0.15, -0.1) is 4.57 Å². The summed E-state index contributed by atoms with van der Waals surface area (Å²) in [4.78, 5) is 28.8.